The van der Waals surface area contributed by atoms with E-state index in [-0.39, 0.29) is 11.8 Å². The quantitative estimate of drug-likeness (QED) is 0.604. The fourth-order valence-electron chi connectivity index (χ4n) is 3.10. The fraction of sp³-hybridized carbons (Fsp3) is 0.0588. The summed E-state index contributed by atoms with van der Waals surface area (Å²) in [6.45, 7) is 0. The topological polar surface area (TPSA) is 81.5 Å². The van der Waals surface area contributed by atoms with Crippen LogP contribution in [-0.4, -0.2) is 11.9 Å². The minimum Gasteiger partial charge on any atom is -0.370 e. The van der Waals surface area contributed by atoms with Gasteiger partial charge in [-0.3, -0.25) is 4.79 Å². The molecule has 0 saturated carbocycles. The molecule has 1 aliphatic carbocycles. The van der Waals surface area contributed by atoms with Gasteiger partial charge in [0.2, 0.25) is 0 Å². The molecule has 0 fully saturated rings. The van der Waals surface area contributed by atoms with Crippen molar-refractivity contribution in [3.63, 3.8) is 0 Å². The van der Waals surface area contributed by atoms with Crippen molar-refractivity contribution in [2.24, 2.45) is 16.5 Å². The first kappa shape index (κ1) is 15.3. The van der Waals surface area contributed by atoms with Gasteiger partial charge in [-0.2, -0.15) is 4.99 Å². The van der Waals surface area contributed by atoms with Gasteiger partial charge in [-0.15, -0.1) is 23.5 Å². The van der Waals surface area contributed by atoms with Crippen LogP contribution in [0.15, 0.2) is 52.2 Å². The average molecular weight is 357 g/mol. The lowest BCUT2D eigenvalue weighted by Gasteiger charge is -2.24. The fourth-order valence-corrected chi connectivity index (χ4v) is 5.66. The van der Waals surface area contributed by atoms with Crippen LogP contribution < -0.4 is 11.5 Å². The van der Waals surface area contributed by atoms with Crippen molar-refractivity contribution in [3.8, 4) is 11.1 Å². The van der Waals surface area contributed by atoms with Gasteiger partial charge in [0.15, 0.2) is 5.96 Å². The number of aliphatic imine (C=N–C) groups is 1. The molecular weight excluding hydrogens is 345 g/mol. The van der Waals surface area contributed by atoms with Crippen LogP contribution >= 0.6 is 23.5 Å². The molecule has 1 amide bonds. The molecule has 0 radical (unpaired) electrons. The normalized spacial score (nSPS) is 16.0. The highest BCUT2D eigenvalue weighted by Crippen LogP contribution is 2.64. The second kappa shape index (κ2) is 5.39. The maximum absolute atomic E-state index is 14.5. The third-order valence-electron chi connectivity index (χ3n) is 4.01. The SMILES string of the molecule is NC(N)=NC(=O)c1ccc2c(c1)C1(SC=CS1)c1cccc(F)c1-2. The number of carbonyl (C=O) groups excluding carboxylic acids is 1. The number of hydrogen-bond donors (Lipinski definition) is 2. The molecule has 24 heavy (non-hydrogen) atoms. The highest BCUT2D eigenvalue weighted by Gasteiger charge is 2.46. The van der Waals surface area contributed by atoms with Gasteiger partial charge in [0.05, 0.1) is 0 Å². The first-order valence-corrected chi connectivity index (χ1v) is 8.87. The lowest BCUT2D eigenvalue weighted by molar-refractivity contribution is 0.100. The predicted molar refractivity (Wildman–Crippen MR) is 97.1 cm³/mol. The van der Waals surface area contributed by atoms with Crippen molar-refractivity contribution in [1.29, 1.82) is 0 Å². The molecule has 0 atom stereocenters. The summed E-state index contributed by atoms with van der Waals surface area (Å²) >= 11 is 3.20. The molecule has 0 unspecified atom stereocenters. The largest absolute Gasteiger partial charge is 0.370 e. The van der Waals surface area contributed by atoms with E-state index < -0.39 is 9.99 Å². The maximum atomic E-state index is 14.5. The third-order valence-corrected chi connectivity index (χ3v) is 6.85. The Labute approximate surface area is 146 Å². The Balaban J connectivity index is 1.94. The number of nitrogens with zero attached hydrogens (tertiary/aromatic N) is 1. The van der Waals surface area contributed by atoms with E-state index in [9.17, 15) is 9.18 Å². The minimum atomic E-state index is -0.509. The second-order valence-electron chi connectivity index (χ2n) is 5.39. The van der Waals surface area contributed by atoms with Crippen molar-refractivity contribution in [2.45, 2.75) is 4.08 Å². The molecule has 4 nitrogen and oxygen atoms in total. The molecule has 120 valence electrons. The van der Waals surface area contributed by atoms with Crippen LogP contribution in [0.3, 0.4) is 0 Å². The zero-order valence-electron chi connectivity index (χ0n) is 12.3. The van der Waals surface area contributed by atoms with E-state index in [2.05, 4.69) is 4.99 Å². The summed E-state index contributed by atoms with van der Waals surface area (Å²) in [5.74, 6) is -1.05. The van der Waals surface area contributed by atoms with Crippen LogP contribution in [-0.2, 0) is 4.08 Å². The molecule has 2 aliphatic rings. The summed E-state index contributed by atoms with van der Waals surface area (Å²) in [5, 5.41) is 3.97. The van der Waals surface area contributed by atoms with E-state index in [1.807, 2.05) is 16.9 Å². The van der Waals surface area contributed by atoms with Gasteiger partial charge >= 0.3 is 0 Å². The number of nitrogens with two attached hydrogens (primary N) is 2. The van der Waals surface area contributed by atoms with Crippen LogP contribution in [0.1, 0.15) is 21.5 Å². The van der Waals surface area contributed by atoms with Crippen LogP contribution in [0, 0.1) is 5.82 Å². The standard InChI is InChI=1S/C17H12FN3OS2/c18-13-3-1-2-11-14(13)10-5-4-9(15(22)21-16(19)20)8-12(10)17(11)23-6-7-24-17/h1-8H,(H4,19,20,21,22). The van der Waals surface area contributed by atoms with Crippen molar-refractivity contribution in [2.75, 3.05) is 0 Å². The second-order valence-corrected chi connectivity index (χ2v) is 7.89. The van der Waals surface area contributed by atoms with Gasteiger partial charge in [-0.25, -0.2) is 4.39 Å². The summed E-state index contributed by atoms with van der Waals surface area (Å²) in [4.78, 5) is 15.7. The van der Waals surface area contributed by atoms with Crippen LogP contribution in [0.2, 0.25) is 0 Å². The third kappa shape index (κ3) is 2.08. The van der Waals surface area contributed by atoms with Crippen LogP contribution in [0.25, 0.3) is 11.1 Å². The number of benzene rings is 2. The molecular formula is C17H12FN3OS2. The summed E-state index contributed by atoms with van der Waals surface area (Å²) in [7, 11) is 0. The molecule has 0 saturated heterocycles. The number of rotatable bonds is 1. The Bertz CT molecular complexity index is 927. The minimum absolute atomic E-state index is 0.262. The van der Waals surface area contributed by atoms with Crippen molar-refractivity contribution < 1.29 is 9.18 Å². The Morgan fingerprint density at radius 3 is 2.54 bits per heavy atom. The lowest BCUT2D eigenvalue weighted by atomic mass is 10.0. The highest BCUT2D eigenvalue weighted by atomic mass is 32.2. The maximum Gasteiger partial charge on any atom is 0.280 e. The first-order valence-electron chi connectivity index (χ1n) is 7.11. The van der Waals surface area contributed by atoms with Crippen molar-refractivity contribution >= 4 is 35.4 Å². The van der Waals surface area contributed by atoms with E-state index in [1.54, 1.807) is 47.8 Å². The number of amides is 1. The van der Waals surface area contributed by atoms with Crippen molar-refractivity contribution in [1.82, 2.24) is 0 Å². The average Bonchev–Trinajstić information content (AvgIpc) is 3.13. The van der Waals surface area contributed by atoms with Gasteiger partial charge in [-0.05, 0) is 45.7 Å². The molecule has 1 heterocycles. The van der Waals surface area contributed by atoms with E-state index in [0.717, 1.165) is 16.7 Å². The number of halogens is 1. The van der Waals surface area contributed by atoms with Gasteiger partial charge < -0.3 is 11.5 Å². The number of carbonyl (C=O) groups is 1. The van der Waals surface area contributed by atoms with E-state index in [0.29, 0.717) is 11.1 Å². The zero-order chi connectivity index (χ0) is 16.9. The Morgan fingerprint density at radius 1 is 1.08 bits per heavy atom. The van der Waals surface area contributed by atoms with Crippen molar-refractivity contribution in [3.05, 3.63) is 69.7 Å². The van der Waals surface area contributed by atoms with Crippen LogP contribution in [0.5, 0.6) is 0 Å². The molecule has 0 aromatic heterocycles. The summed E-state index contributed by atoms with van der Waals surface area (Å²) in [6.07, 6.45) is 0. The van der Waals surface area contributed by atoms with Gasteiger partial charge in [0.1, 0.15) is 9.90 Å². The highest BCUT2D eigenvalue weighted by molar-refractivity contribution is 8.23. The Hall–Kier alpha value is -2.25. The van der Waals surface area contributed by atoms with Gasteiger partial charge in [0.25, 0.3) is 5.91 Å². The molecule has 2 aromatic rings. The lowest BCUT2D eigenvalue weighted by Crippen LogP contribution is -2.24. The first-order chi connectivity index (χ1) is 11.5. The predicted octanol–water partition coefficient (Wildman–Crippen LogP) is 3.37. The van der Waals surface area contributed by atoms with Crippen LogP contribution in [0.4, 0.5) is 4.39 Å². The summed E-state index contributed by atoms with van der Waals surface area (Å²) in [5.41, 5.74) is 14.1. The molecule has 1 aliphatic heterocycles. The summed E-state index contributed by atoms with van der Waals surface area (Å²) < 4.78 is 14.0. The number of hydrogen-bond acceptors (Lipinski definition) is 3. The van der Waals surface area contributed by atoms with Gasteiger partial charge in [0, 0.05) is 11.1 Å². The van der Waals surface area contributed by atoms with E-state index >= 15 is 0 Å². The molecule has 4 rings (SSSR count). The molecule has 1 spiro atoms. The van der Waals surface area contributed by atoms with Gasteiger partial charge in [-0.1, -0.05) is 18.2 Å². The molecule has 2 aromatic carbocycles. The molecule has 0 bridgehead atoms. The van der Waals surface area contributed by atoms with E-state index in [1.165, 1.54) is 6.07 Å². The smallest absolute Gasteiger partial charge is 0.280 e. The Morgan fingerprint density at radius 2 is 1.83 bits per heavy atom. The number of guanidine groups is 1. The molecule has 4 N–H and O–H groups in total. The number of thioether (sulfide) groups is 2. The monoisotopic (exact) mass is 357 g/mol. The summed E-state index contributed by atoms with van der Waals surface area (Å²) in [6, 6.07) is 10.3. The van der Waals surface area contributed by atoms with E-state index in [4.69, 9.17) is 11.5 Å². The Kier molecular flexibility index (Phi) is 3.43. The number of fused-ring (bicyclic) bond motifs is 5. The molecule has 7 heteroatoms. The zero-order valence-corrected chi connectivity index (χ0v) is 14.0.